The summed E-state index contributed by atoms with van der Waals surface area (Å²) >= 11 is 1.53. The first-order chi connectivity index (χ1) is 17.6. The van der Waals surface area contributed by atoms with Gasteiger partial charge in [0.1, 0.15) is 12.6 Å². The molecule has 1 atom stereocenters. The van der Waals surface area contributed by atoms with Crippen LogP contribution in [0.3, 0.4) is 0 Å². The van der Waals surface area contributed by atoms with Crippen molar-refractivity contribution in [3.05, 3.63) is 101 Å². The van der Waals surface area contributed by atoms with E-state index in [-0.39, 0.29) is 12.6 Å². The quantitative estimate of drug-likeness (QED) is 0.333. The number of ether oxygens (including phenoxy) is 3. The molecular formula is C29H30N2O4S. The average molecular weight is 503 g/mol. The lowest BCUT2D eigenvalue weighted by atomic mass is 9.95. The molecule has 0 amide bonds. The van der Waals surface area contributed by atoms with Crippen LogP contribution in [0.2, 0.25) is 0 Å². The Morgan fingerprint density at radius 2 is 1.69 bits per heavy atom. The molecule has 0 N–H and O–H groups in total. The van der Waals surface area contributed by atoms with Gasteiger partial charge in [0, 0.05) is 11.4 Å². The van der Waals surface area contributed by atoms with E-state index in [4.69, 9.17) is 19.2 Å². The smallest absolute Gasteiger partial charge is 0.338 e. The van der Waals surface area contributed by atoms with Crippen LogP contribution in [-0.2, 0) is 16.1 Å². The van der Waals surface area contributed by atoms with Crippen LogP contribution in [0.15, 0.2) is 95.1 Å². The first-order valence-electron chi connectivity index (χ1n) is 11.8. The third-order valence-electron chi connectivity index (χ3n) is 5.86. The molecule has 36 heavy (non-hydrogen) atoms. The molecule has 3 aromatic carbocycles. The number of esters is 1. The second-order valence-electron chi connectivity index (χ2n) is 8.09. The zero-order valence-electron chi connectivity index (χ0n) is 20.9. The van der Waals surface area contributed by atoms with Gasteiger partial charge in [0.05, 0.1) is 19.3 Å². The maximum Gasteiger partial charge on any atom is 0.338 e. The molecule has 1 aliphatic rings. The Kier molecular flexibility index (Phi) is 8.33. The molecule has 1 aliphatic heterocycles. The number of thioether (sulfide) groups is 1. The molecule has 0 bridgehead atoms. The van der Waals surface area contributed by atoms with Crippen LogP contribution < -0.4 is 14.4 Å². The highest BCUT2D eigenvalue weighted by Gasteiger charge is 2.35. The number of hydrogen-bond acceptors (Lipinski definition) is 7. The molecule has 3 aromatic rings. The van der Waals surface area contributed by atoms with Gasteiger partial charge in [-0.1, -0.05) is 66.4 Å². The third-order valence-corrected chi connectivity index (χ3v) is 6.52. The SMILES string of the molecule is CCOC(=O)C1=C(C)N(c2ccccc2)C(SC)=N[C@H]1c1ccc(OCc2ccccc2)c(OC)c1. The Labute approximate surface area is 216 Å². The van der Waals surface area contributed by atoms with E-state index in [0.29, 0.717) is 23.7 Å². The minimum Gasteiger partial charge on any atom is -0.493 e. The van der Waals surface area contributed by atoms with Gasteiger partial charge in [-0.2, -0.15) is 0 Å². The molecule has 0 saturated heterocycles. The molecule has 0 fully saturated rings. The van der Waals surface area contributed by atoms with Crippen LogP contribution in [0, 0.1) is 0 Å². The topological polar surface area (TPSA) is 60.4 Å². The van der Waals surface area contributed by atoms with E-state index in [1.54, 1.807) is 14.0 Å². The predicted molar refractivity (Wildman–Crippen MR) is 146 cm³/mol. The number of allylic oxidation sites excluding steroid dienone is 1. The van der Waals surface area contributed by atoms with Gasteiger partial charge in [-0.3, -0.25) is 4.90 Å². The van der Waals surface area contributed by atoms with Crippen molar-refractivity contribution in [1.82, 2.24) is 0 Å². The largest absolute Gasteiger partial charge is 0.493 e. The number of benzene rings is 3. The van der Waals surface area contributed by atoms with E-state index in [9.17, 15) is 4.79 Å². The zero-order chi connectivity index (χ0) is 25.5. The van der Waals surface area contributed by atoms with Crippen LogP contribution in [0.25, 0.3) is 0 Å². The van der Waals surface area contributed by atoms with E-state index < -0.39 is 6.04 Å². The predicted octanol–water partition coefficient (Wildman–Crippen LogP) is 6.39. The lowest BCUT2D eigenvalue weighted by molar-refractivity contribution is -0.138. The lowest BCUT2D eigenvalue weighted by Crippen LogP contribution is -2.35. The Morgan fingerprint density at radius 3 is 2.33 bits per heavy atom. The van der Waals surface area contributed by atoms with Crippen molar-refractivity contribution >= 4 is 28.6 Å². The Hall–Kier alpha value is -3.71. The standard InChI is InChI=1S/C29H30N2O4S/c1-5-34-28(32)26-20(2)31(23-14-10-7-11-15-23)29(36-4)30-27(26)22-16-17-24(25(18-22)33-3)35-19-21-12-8-6-9-13-21/h6-18,27H,5,19H2,1-4H3/t27-/m0/s1. The van der Waals surface area contributed by atoms with Gasteiger partial charge in [0.25, 0.3) is 0 Å². The highest BCUT2D eigenvalue weighted by atomic mass is 32.2. The highest BCUT2D eigenvalue weighted by molar-refractivity contribution is 8.13. The number of carbonyl (C=O) groups is 1. The number of anilines is 1. The summed E-state index contributed by atoms with van der Waals surface area (Å²) in [5, 5.41) is 0.792. The van der Waals surface area contributed by atoms with Crippen molar-refractivity contribution < 1.29 is 19.0 Å². The van der Waals surface area contributed by atoms with E-state index in [0.717, 1.165) is 27.7 Å². The second-order valence-corrected chi connectivity index (χ2v) is 8.87. The van der Waals surface area contributed by atoms with Crippen molar-refractivity contribution in [3.8, 4) is 11.5 Å². The minimum atomic E-state index is -0.538. The molecular weight excluding hydrogens is 472 g/mol. The molecule has 0 aliphatic carbocycles. The summed E-state index contributed by atoms with van der Waals surface area (Å²) in [6, 6.07) is 25.0. The van der Waals surface area contributed by atoms with Gasteiger partial charge in [-0.05, 0) is 55.5 Å². The lowest BCUT2D eigenvalue weighted by Gasteiger charge is -2.34. The van der Waals surface area contributed by atoms with Crippen molar-refractivity contribution in [3.63, 3.8) is 0 Å². The molecule has 0 unspecified atom stereocenters. The fourth-order valence-electron chi connectivity index (χ4n) is 4.14. The second kappa shape index (κ2) is 11.8. The van der Waals surface area contributed by atoms with Crippen molar-refractivity contribution in [2.24, 2.45) is 4.99 Å². The third kappa shape index (κ3) is 5.41. The number of methoxy groups -OCH3 is 1. The molecule has 6 nitrogen and oxygen atoms in total. The van der Waals surface area contributed by atoms with Gasteiger partial charge in [0.15, 0.2) is 16.7 Å². The maximum atomic E-state index is 13.2. The van der Waals surface area contributed by atoms with Crippen molar-refractivity contribution in [1.29, 1.82) is 0 Å². The average Bonchev–Trinajstić information content (AvgIpc) is 2.92. The van der Waals surface area contributed by atoms with Crippen LogP contribution in [0.5, 0.6) is 11.5 Å². The summed E-state index contributed by atoms with van der Waals surface area (Å²) in [6.45, 7) is 4.45. The molecule has 0 aromatic heterocycles. The van der Waals surface area contributed by atoms with Gasteiger partial charge < -0.3 is 14.2 Å². The number of aliphatic imine (C=N–C) groups is 1. The summed E-state index contributed by atoms with van der Waals surface area (Å²) in [5.74, 6) is 0.822. The zero-order valence-corrected chi connectivity index (χ0v) is 21.7. The summed E-state index contributed by atoms with van der Waals surface area (Å²) in [5.41, 5.74) is 4.10. The Balaban J connectivity index is 1.73. The summed E-state index contributed by atoms with van der Waals surface area (Å²) < 4.78 is 17.2. The van der Waals surface area contributed by atoms with E-state index >= 15 is 0 Å². The van der Waals surface area contributed by atoms with E-state index in [1.807, 2.05) is 96.9 Å². The number of nitrogens with zero attached hydrogens (tertiary/aromatic N) is 2. The summed E-state index contributed by atoms with van der Waals surface area (Å²) in [7, 11) is 1.61. The number of amidine groups is 1. The maximum absolute atomic E-state index is 13.2. The highest BCUT2D eigenvalue weighted by Crippen LogP contribution is 2.41. The fraction of sp³-hybridized carbons (Fsp3) is 0.241. The van der Waals surface area contributed by atoms with E-state index in [2.05, 4.69) is 0 Å². The molecule has 0 saturated carbocycles. The monoisotopic (exact) mass is 502 g/mol. The van der Waals surface area contributed by atoms with Gasteiger partial charge in [-0.15, -0.1) is 0 Å². The van der Waals surface area contributed by atoms with Gasteiger partial charge in [0.2, 0.25) is 0 Å². The molecule has 0 spiro atoms. The first kappa shape index (κ1) is 25.4. The Bertz CT molecular complexity index is 1260. The first-order valence-corrected chi connectivity index (χ1v) is 13.0. The number of carbonyl (C=O) groups excluding carboxylic acids is 1. The van der Waals surface area contributed by atoms with Crippen LogP contribution in [0.1, 0.15) is 31.0 Å². The fourth-order valence-corrected chi connectivity index (χ4v) is 4.77. The molecule has 186 valence electrons. The molecule has 7 heteroatoms. The Morgan fingerprint density at radius 1 is 1.00 bits per heavy atom. The molecule has 4 rings (SSSR count). The summed E-state index contributed by atoms with van der Waals surface area (Å²) in [6.07, 6.45) is 1.98. The van der Waals surface area contributed by atoms with Crippen LogP contribution in [-0.4, -0.2) is 31.1 Å². The van der Waals surface area contributed by atoms with Crippen LogP contribution >= 0.6 is 11.8 Å². The normalized spacial score (nSPS) is 15.4. The van der Waals surface area contributed by atoms with Crippen LogP contribution in [0.4, 0.5) is 5.69 Å². The van der Waals surface area contributed by atoms with Crippen molar-refractivity contribution in [2.45, 2.75) is 26.5 Å². The summed E-state index contributed by atoms with van der Waals surface area (Å²) in [4.78, 5) is 20.2. The van der Waals surface area contributed by atoms with E-state index in [1.165, 1.54) is 11.8 Å². The molecule has 1 heterocycles. The number of hydrogen-bond donors (Lipinski definition) is 0. The number of para-hydroxylation sites is 1. The molecule has 0 radical (unpaired) electrons. The van der Waals surface area contributed by atoms with Gasteiger partial charge >= 0.3 is 5.97 Å². The van der Waals surface area contributed by atoms with Gasteiger partial charge in [-0.25, -0.2) is 9.79 Å². The van der Waals surface area contributed by atoms with Crippen molar-refractivity contribution in [2.75, 3.05) is 24.9 Å². The minimum absolute atomic E-state index is 0.280. The number of rotatable bonds is 8.